The summed E-state index contributed by atoms with van der Waals surface area (Å²) in [6, 6.07) is 14.7. The maximum absolute atomic E-state index is 13.0. The van der Waals surface area contributed by atoms with Gasteiger partial charge in [0, 0.05) is 24.7 Å². The molecule has 1 amide bonds. The molecule has 0 saturated carbocycles. The van der Waals surface area contributed by atoms with Crippen LogP contribution in [-0.4, -0.2) is 35.2 Å². The highest BCUT2D eigenvalue weighted by Crippen LogP contribution is 2.13. The molecule has 0 aliphatic rings. The molecule has 0 radical (unpaired) electrons. The van der Waals surface area contributed by atoms with Crippen molar-refractivity contribution in [2.24, 2.45) is 0 Å². The lowest BCUT2D eigenvalue weighted by Gasteiger charge is -2.15. The van der Waals surface area contributed by atoms with Gasteiger partial charge in [0.15, 0.2) is 0 Å². The second kappa shape index (κ2) is 7.93. The molecule has 0 aliphatic heterocycles. The van der Waals surface area contributed by atoms with E-state index in [-0.39, 0.29) is 17.2 Å². The number of methoxy groups -OCH3 is 1. The van der Waals surface area contributed by atoms with Gasteiger partial charge in [0.1, 0.15) is 11.2 Å². The van der Waals surface area contributed by atoms with E-state index in [1.165, 1.54) is 0 Å². The number of ether oxygens (including phenoxy) is 1. The Kier molecular flexibility index (Phi) is 5.43. The predicted octanol–water partition coefficient (Wildman–Crippen LogP) is 2.21. The minimum atomic E-state index is -0.410. The number of hydrogen-bond acceptors (Lipinski definition) is 4. The summed E-state index contributed by atoms with van der Waals surface area (Å²) in [5, 5.41) is 3.54. The van der Waals surface area contributed by atoms with Crippen LogP contribution in [0.2, 0.25) is 0 Å². The Morgan fingerprint density at radius 2 is 2.00 bits per heavy atom. The number of rotatable bonds is 6. The zero-order chi connectivity index (χ0) is 18.5. The summed E-state index contributed by atoms with van der Waals surface area (Å²) in [6.45, 7) is 2.55. The highest BCUT2D eigenvalue weighted by Gasteiger charge is 2.18. The van der Waals surface area contributed by atoms with Crippen molar-refractivity contribution in [3.63, 3.8) is 0 Å². The van der Waals surface area contributed by atoms with Gasteiger partial charge in [-0.3, -0.25) is 14.2 Å². The normalized spacial score (nSPS) is 12.1. The second-order valence-corrected chi connectivity index (χ2v) is 6.18. The van der Waals surface area contributed by atoms with Gasteiger partial charge in [-0.25, -0.2) is 4.98 Å². The van der Waals surface area contributed by atoms with Crippen molar-refractivity contribution >= 4 is 16.9 Å². The molecule has 1 atom stereocenters. The standard InChI is InChI=1S/C20H21N3O3/c1-14(13-26-2)22-19(24)17-11-16-9-6-10-21-18(16)23(20(17)25)12-15-7-4-3-5-8-15/h3-11,14H,12-13H2,1-2H3,(H,22,24)/t14-/m0/s1. The van der Waals surface area contributed by atoms with Gasteiger partial charge in [-0.1, -0.05) is 30.3 Å². The number of benzene rings is 1. The summed E-state index contributed by atoms with van der Waals surface area (Å²) in [7, 11) is 1.57. The first-order valence-electron chi connectivity index (χ1n) is 8.42. The molecule has 3 rings (SSSR count). The lowest BCUT2D eigenvalue weighted by atomic mass is 10.1. The summed E-state index contributed by atoms with van der Waals surface area (Å²) in [4.78, 5) is 29.9. The Morgan fingerprint density at radius 3 is 2.73 bits per heavy atom. The van der Waals surface area contributed by atoms with Crippen LogP contribution < -0.4 is 10.9 Å². The fourth-order valence-electron chi connectivity index (χ4n) is 2.87. The number of carbonyl (C=O) groups is 1. The van der Waals surface area contributed by atoms with Gasteiger partial charge < -0.3 is 10.1 Å². The SMILES string of the molecule is COC[C@H](C)NC(=O)c1cc2cccnc2n(Cc2ccccc2)c1=O. The van der Waals surface area contributed by atoms with Crippen molar-refractivity contribution in [3.8, 4) is 0 Å². The van der Waals surface area contributed by atoms with Gasteiger partial charge in [0.05, 0.1) is 13.2 Å². The maximum Gasteiger partial charge on any atom is 0.265 e. The van der Waals surface area contributed by atoms with Crippen molar-refractivity contribution in [3.05, 3.63) is 76.2 Å². The van der Waals surface area contributed by atoms with Crippen LogP contribution in [0.3, 0.4) is 0 Å². The fourth-order valence-corrected chi connectivity index (χ4v) is 2.87. The number of amides is 1. The molecule has 1 aromatic carbocycles. The van der Waals surface area contributed by atoms with Crippen LogP contribution in [0.1, 0.15) is 22.8 Å². The summed E-state index contributed by atoms with van der Waals surface area (Å²) >= 11 is 0. The second-order valence-electron chi connectivity index (χ2n) is 6.18. The fraction of sp³-hybridized carbons (Fsp3) is 0.250. The van der Waals surface area contributed by atoms with Crippen LogP contribution in [0, 0.1) is 0 Å². The van der Waals surface area contributed by atoms with Gasteiger partial charge in [-0.15, -0.1) is 0 Å². The van der Waals surface area contributed by atoms with Gasteiger partial charge in [-0.05, 0) is 30.7 Å². The van der Waals surface area contributed by atoms with E-state index in [0.29, 0.717) is 18.8 Å². The third kappa shape index (κ3) is 3.81. The van der Waals surface area contributed by atoms with Crippen LogP contribution in [-0.2, 0) is 11.3 Å². The first kappa shape index (κ1) is 17.8. The van der Waals surface area contributed by atoms with E-state index in [0.717, 1.165) is 10.9 Å². The third-order valence-electron chi connectivity index (χ3n) is 4.07. The molecule has 0 spiro atoms. The van der Waals surface area contributed by atoms with Crippen LogP contribution in [0.15, 0.2) is 59.5 Å². The molecule has 0 bridgehead atoms. The molecular weight excluding hydrogens is 330 g/mol. The lowest BCUT2D eigenvalue weighted by Crippen LogP contribution is -2.39. The van der Waals surface area contributed by atoms with E-state index in [2.05, 4.69) is 10.3 Å². The quantitative estimate of drug-likeness (QED) is 0.739. The molecule has 1 N–H and O–H groups in total. The van der Waals surface area contributed by atoms with E-state index >= 15 is 0 Å². The van der Waals surface area contributed by atoms with Crippen molar-refractivity contribution < 1.29 is 9.53 Å². The number of carbonyl (C=O) groups excluding carboxylic acids is 1. The van der Waals surface area contributed by atoms with Crippen LogP contribution in [0.5, 0.6) is 0 Å². The summed E-state index contributed by atoms with van der Waals surface area (Å²) < 4.78 is 6.58. The zero-order valence-electron chi connectivity index (χ0n) is 14.8. The highest BCUT2D eigenvalue weighted by atomic mass is 16.5. The molecule has 6 heteroatoms. The molecule has 2 heterocycles. The molecule has 6 nitrogen and oxygen atoms in total. The average molecular weight is 351 g/mol. The summed E-state index contributed by atoms with van der Waals surface area (Å²) in [5.74, 6) is -0.410. The van der Waals surface area contributed by atoms with Crippen molar-refractivity contribution in [2.45, 2.75) is 19.5 Å². The van der Waals surface area contributed by atoms with Gasteiger partial charge in [0.2, 0.25) is 0 Å². The van der Waals surface area contributed by atoms with E-state index < -0.39 is 5.91 Å². The zero-order valence-corrected chi connectivity index (χ0v) is 14.8. The van der Waals surface area contributed by atoms with Crippen LogP contribution in [0.25, 0.3) is 11.0 Å². The Morgan fingerprint density at radius 1 is 1.23 bits per heavy atom. The molecule has 134 valence electrons. The van der Waals surface area contributed by atoms with Gasteiger partial charge in [-0.2, -0.15) is 0 Å². The topological polar surface area (TPSA) is 73.2 Å². The van der Waals surface area contributed by atoms with E-state index in [1.807, 2.05) is 43.3 Å². The highest BCUT2D eigenvalue weighted by molar-refractivity contribution is 5.97. The monoisotopic (exact) mass is 351 g/mol. The number of fused-ring (bicyclic) bond motifs is 1. The number of pyridine rings is 2. The Hall–Kier alpha value is -2.99. The molecular formula is C20H21N3O3. The molecule has 0 fully saturated rings. The molecule has 26 heavy (non-hydrogen) atoms. The lowest BCUT2D eigenvalue weighted by molar-refractivity contribution is 0.0903. The average Bonchev–Trinajstić information content (AvgIpc) is 2.64. The minimum Gasteiger partial charge on any atom is -0.383 e. The molecule has 2 aromatic heterocycles. The van der Waals surface area contributed by atoms with Crippen molar-refractivity contribution in [1.29, 1.82) is 0 Å². The van der Waals surface area contributed by atoms with Crippen molar-refractivity contribution in [1.82, 2.24) is 14.9 Å². The number of hydrogen-bond donors (Lipinski definition) is 1. The summed E-state index contributed by atoms with van der Waals surface area (Å²) in [6.07, 6.45) is 1.64. The molecule has 0 aliphatic carbocycles. The molecule has 0 saturated heterocycles. The first-order chi connectivity index (χ1) is 12.6. The number of nitrogens with one attached hydrogen (secondary N) is 1. The van der Waals surface area contributed by atoms with Crippen LogP contribution >= 0.6 is 0 Å². The van der Waals surface area contributed by atoms with E-state index in [1.54, 1.807) is 30.0 Å². The molecule has 0 unspecified atom stereocenters. The van der Waals surface area contributed by atoms with Gasteiger partial charge in [0.25, 0.3) is 11.5 Å². The minimum absolute atomic E-state index is 0.101. The Bertz CT molecular complexity index is 967. The third-order valence-corrected chi connectivity index (χ3v) is 4.07. The number of nitrogens with zero attached hydrogens (tertiary/aromatic N) is 2. The maximum atomic E-state index is 13.0. The predicted molar refractivity (Wildman–Crippen MR) is 100 cm³/mol. The number of aromatic nitrogens is 2. The molecule has 3 aromatic rings. The van der Waals surface area contributed by atoms with Crippen LogP contribution in [0.4, 0.5) is 0 Å². The van der Waals surface area contributed by atoms with E-state index in [4.69, 9.17) is 4.74 Å². The van der Waals surface area contributed by atoms with Crippen molar-refractivity contribution in [2.75, 3.05) is 13.7 Å². The van der Waals surface area contributed by atoms with E-state index in [9.17, 15) is 9.59 Å². The largest absolute Gasteiger partial charge is 0.383 e. The smallest absolute Gasteiger partial charge is 0.265 e. The summed E-state index contributed by atoms with van der Waals surface area (Å²) in [5.41, 5.74) is 1.27. The Labute approximate surface area is 151 Å². The Balaban J connectivity index is 2.06. The van der Waals surface area contributed by atoms with Gasteiger partial charge >= 0.3 is 0 Å². The first-order valence-corrected chi connectivity index (χ1v) is 8.42.